The van der Waals surface area contributed by atoms with E-state index in [0.717, 1.165) is 0 Å². The Morgan fingerprint density at radius 2 is 1.03 bits per heavy atom. The van der Waals surface area contributed by atoms with Crippen LogP contribution < -0.4 is 21.3 Å². The zero-order valence-corrected chi connectivity index (χ0v) is 17.3. The molecule has 13 nitrogen and oxygen atoms in total. The molecule has 0 aromatic rings. The van der Waals surface area contributed by atoms with Crippen LogP contribution in [0.4, 0.5) is 0 Å². The summed E-state index contributed by atoms with van der Waals surface area (Å²) in [6.45, 7) is 5.13. The fourth-order valence-electron chi connectivity index (χ4n) is 2.62. The van der Waals surface area contributed by atoms with Crippen molar-refractivity contribution in [2.75, 3.05) is 13.1 Å². The van der Waals surface area contributed by atoms with Gasteiger partial charge in [0.05, 0.1) is 14.8 Å². The Balaban J connectivity index is 0.000000828. The second-order valence-electron chi connectivity index (χ2n) is 6.78. The Morgan fingerprint density at radius 3 is 1.34 bits per heavy atom. The largest absolute Gasteiger partial charge is 0.335 e. The second kappa shape index (κ2) is 16.9. The molecule has 0 bridgehead atoms. The van der Waals surface area contributed by atoms with Gasteiger partial charge in [0.1, 0.15) is 0 Å². The first kappa shape index (κ1) is 27.0. The summed E-state index contributed by atoms with van der Waals surface area (Å²) in [4.78, 5) is 30.1. The molecule has 1 rings (SSSR count). The molecule has 0 amide bonds. The van der Waals surface area contributed by atoms with E-state index in [1.54, 1.807) is 0 Å². The standard InChI is InChI=1S/C8H17N7O6.C8H18/c16-13(17)6-9-4-2-1-3-5-10-7(14(18)19)12-8(11-6)15(20)21;1-3-5-7-8-6-4-2/h6-12H,1-5H2;3-8H2,1-2H3. The van der Waals surface area contributed by atoms with Crippen molar-refractivity contribution in [3.05, 3.63) is 30.3 Å². The summed E-state index contributed by atoms with van der Waals surface area (Å²) in [5.41, 5.74) is 0. The number of unbranched alkanes of at least 4 members (excludes halogenated alkanes) is 5. The minimum absolute atomic E-state index is 0.307. The van der Waals surface area contributed by atoms with Crippen LogP contribution in [0.2, 0.25) is 0 Å². The Labute approximate surface area is 170 Å². The maximum Gasteiger partial charge on any atom is 0.335 e. The summed E-state index contributed by atoms with van der Waals surface area (Å²) >= 11 is 0. The van der Waals surface area contributed by atoms with Crippen LogP contribution in [0.15, 0.2) is 0 Å². The molecule has 2 atom stereocenters. The number of rotatable bonds is 8. The van der Waals surface area contributed by atoms with Gasteiger partial charge < -0.3 is 0 Å². The van der Waals surface area contributed by atoms with Crippen molar-refractivity contribution in [1.29, 1.82) is 0 Å². The minimum Gasteiger partial charge on any atom is -0.262 e. The molecule has 0 radical (unpaired) electrons. The number of nitrogens with zero attached hydrogens (tertiary/aromatic N) is 3. The topological polar surface area (TPSA) is 178 Å². The van der Waals surface area contributed by atoms with E-state index in [1.165, 1.54) is 38.5 Å². The molecule has 13 heteroatoms. The van der Waals surface area contributed by atoms with Crippen LogP contribution >= 0.6 is 0 Å². The van der Waals surface area contributed by atoms with Crippen LogP contribution in [0, 0.1) is 30.3 Å². The number of nitrogens with one attached hydrogen (secondary N) is 4. The van der Waals surface area contributed by atoms with Crippen molar-refractivity contribution < 1.29 is 14.8 Å². The molecule has 0 spiro atoms. The summed E-state index contributed by atoms with van der Waals surface area (Å²) in [6, 6.07) is 0. The fraction of sp³-hybridized carbons (Fsp3) is 1.00. The highest BCUT2D eigenvalue weighted by atomic mass is 16.7. The first-order valence-corrected chi connectivity index (χ1v) is 10.2. The molecule has 0 aromatic carbocycles. The predicted molar refractivity (Wildman–Crippen MR) is 108 cm³/mol. The molecule has 1 heterocycles. The van der Waals surface area contributed by atoms with E-state index >= 15 is 0 Å². The third-order valence-electron chi connectivity index (χ3n) is 4.25. The van der Waals surface area contributed by atoms with Gasteiger partial charge in [-0.1, -0.05) is 58.8 Å². The summed E-state index contributed by atoms with van der Waals surface area (Å²) in [5, 5.41) is 41.8. The highest BCUT2D eigenvalue weighted by Crippen LogP contribution is 2.03. The summed E-state index contributed by atoms with van der Waals surface area (Å²) in [7, 11) is 0. The Hall–Kier alpha value is -1.96. The molecule has 1 aliphatic rings. The summed E-state index contributed by atoms with van der Waals surface area (Å²) in [5.74, 6) is 0. The molecular formula is C16H35N7O6. The maximum atomic E-state index is 10.9. The van der Waals surface area contributed by atoms with Crippen molar-refractivity contribution in [3.63, 3.8) is 0 Å². The molecule has 1 saturated heterocycles. The molecule has 1 fully saturated rings. The Bertz CT molecular complexity index is 449. The molecule has 0 aliphatic carbocycles. The second-order valence-corrected chi connectivity index (χ2v) is 6.78. The predicted octanol–water partition coefficient (Wildman–Crippen LogP) is 1.58. The van der Waals surface area contributed by atoms with Gasteiger partial charge in [-0.15, -0.1) is 0 Å². The molecule has 29 heavy (non-hydrogen) atoms. The number of hydrogen-bond donors (Lipinski definition) is 4. The van der Waals surface area contributed by atoms with Gasteiger partial charge in [0.15, 0.2) is 0 Å². The fourth-order valence-corrected chi connectivity index (χ4v) is 2.62. The van der Waals surface area contributed by atoms with Crippen LogP contribution in [0.25, 0.3) is 0 Å². The van der Waals surface area contributed by atoms with E-state index in [4.69, 9.17) is 0 Å². The van der Waals surface area contributed by atoms with Gasteiger partial charge >= 0.3 is 18.9 Å². The lowest BCUT2D eigenvalue weighted by atomic mass is 10.1. The number of nitro groups is 3. The maximum absolute atomic E-state index is 10.9. The lowest BCUT2D eigenvalue weighted by Crippen LogP contribution is -2.64. The molecule has 0 saturated carbocycles. The van der Waals surface area contributed by atoms with E-state index in [-0.39, 0.29) is 0 Å². The van der Waals surface area contributed by atoms with E-state index < -0.39 is 33.6 Å². The Morgan fingerprint density at radius 1 is 0.655 bits per heavy atom. The minimum atomic E-state index is -1.84. The molecule has 2 unspecified atom stereocenters. The van der Waals surface area contributed by atoms with Crippen molar-refractivity contribution in [2.45, 2.75) is 90.5 Å². The van der Waals surface area contributed by atoms with Crippen LogP contribution in [-0.2, 0) is 0 Å². The monoisotopic (exact) mass is 421 g/mol. The van der Waals surface area contributed by atoms with E-state index in [0.29, 0.717) is 32.4 Å². The van der Waals surface area contributed by atoms with E-state index in [2.05, 4.69) is 35.1 Å². The average Bonchev–Trinajstić information content (AvgIpc) is 2.65. The zero-order chi connectivity index (χ0) is 22.1. The van der Waals surface area contributed by atoms with Gasteiger partial charge in [0.2, 0.25) is 0 Å². The molecule has 1 aliphatic heterocycles. The molecular weight excluding hydrogens is 386 g/mol. The smallest absolute Gasteiger partial charge is 0.262 e. The van der Waals surface area contributed by atoms with Crippen LogP contribution in [0.5, 0.6) is 0 Å². The SMILES string of the molecule is CCCCCCCC.O=[N+]([O-])C1NCCCCCNC([N+](=O)[O-])NC([N+](=O)[O-])N1. The van der Waals surface area contributed by atoms with Gasteiger partial charge in [-0.25, -0.2) is 10.6 Å². The summed E-state index contributed by atoms with van der Waals surface area (Å²) < 4.78 is 0. The van der Waals surface area contributed by atoms with Crippen LogP contribution in [-0.4, -0.2) is 46.7 Å². The first-order valence-electron chi connectivity index (χ1n) is 10.2. The van der Waals surface area contributed by atoms with E-state index in [1.807, 2.05) is 0 Å². The third-order valence-corrected chi connectivity index (χ3v) is 4.25. The van der Waals surface area contributed by atoms with Gasteiger partial charge in [-0.05, 0) is 12.8 Å². The quantitative estimate of drug-likeness (QED) is 0.255. The van der Waals surface area contributed by atoms with Crippen molar-refractivity contribution >= 4 is 0 Å². The van der Waals surface area contributed by atoms with Crippen molar-refractivity contribution in [2.24, 2.45) is 0 Å². The van der Waals surface area contributed by atoms with Crippen molar-refractivity contribution in [1.82, 2.24) is 21.3 Å². The van der Waals surface area contributed by atoms with Crippen LogP contribution in [0.3, 0.4) is 0 Å². The summed E-state index contributed by atoms with van der Waals surface area (Å²) in [6.07, 6.45) is 5.46. The van der Waals surface area contributed by atoms with Gasteiger partial charge in [0, 0.05) is 13.1 Å². The number of hydrogen-bond acceptors (Lipinski definition) is 10. The van der Waals surface area contributed by atoms with Gasteiger partial charge in [-0.2, -0.15) is 10.6 Å². The highest BCUT2D eigenvalue weighted by Gasteiger charge is 2.35. The molecule has 170 valence electrons. The lowest BCUT2D eigenvalue weighted by molar-refractivity contribution is -0.599. The highest BCUT2D eigenvalue weighted by molar-refractivity contribution is 4.62. The van der Waals surface area contributed by atoms with E-state index in [9.17, 15) is 30.3 Å². The molecule has 0 aromatic heterocycles. The van der Waals surface area contributed by atoms with Crippen molar-refractivity contribution in [3.8, 4) is 0 Å². The average molecular weight is 421 g/mol. The van der Waals surface area contributed by atoms with Gasteiger partial charge in [0.25, 0.3) is 0 Å². The third kappa shape index (κ3) is 13.8. The Kier molecular flexibility index (Phi) is 15.8. The molecule has 4 N–H and O–H groups in total. The normalized spacial score (nSPS) is 23.6. The lowest BCUT2D eigenvalue weighted by Gasteiger charge is -2.20. The first-order chi connectivity index (χ1) is 13.8. The van der Waals surface area contributed by atoms with Crippen LogP contribution in [0.1, 0.15) is 71.6 Å². The van der Waals surface area contributed by atoms with Gasteiger partial charge in [-0.3, -0.25) is 30.3 Å². The zero-order valence-electron chi connectivity index (χ0n) is 17.3.